The summed E-state index contributed by atoms with van der Waals surface area (Å²) < 4.78 is 6.97. The van der Waals surface area contributed by atoms with E-state index < -0.39 is 0 Å². The van der Waals surface area contributed by atoms with Gasteiger partial charge in [-0.3, -0.25) is 4.79 Å². The van der Waals surface area contributed by atoms with Crippen molar-refractivity contribution in [2.24, 2.45) is 0 Å². The van der Waals surface area contributed by atoms with Gasteiger partial charge in [-0.2, -0.15) is 4.68 Å². The molecule has 2 aromatic carbocycles. The number of hydrogen-bond acceptors (Lipinski definition) is 7. The van der Waals surface area contributed by atoms with Crippen molar-refractivity contribution in [1.29, 1.82) is 0 Å². The molecule has 0 spiro atoms. The molecule has 0 saturated heterocycles. The third-order valence-corrected chi connectivity index (χ3v) is 6.06. The number of ether oxygens (including phenoxy) is 1. The molecular formula is C18H17N5O2S2. The SMILES string of the molecule is COc1ccccc1-n1nnnc1SCC(=O)N1CCSc2ccccc21. The Bertz CT molecular complexity index is 962. The minimum atomic E-state index is 0.0438. The van der Waals surface area contributed by atoms with Crippen molar-refractivity contribution >= 4 is 35.1 Å². The second kappa shape index (κ2) is 8.01. The summed E-state index contributed by atoms with van der Waals surface area (Å²) in [5.74, 6) is 1.86. The van der Waals surface area contributed by atoms with E-state index in [2.05, 4.69) is 21.6 Å². The zero-order chi connectivity index (χ0) is 18.6. The second-order valence-corrected chi connectivity index (χ2v) is 7.77. The topological polar surface area (TPSA) is 73.1 Å². The molecule has 0 fully saturated rings. The number of aromatic nitrogens is 4. The molecule has 1 aliphatic rings. The van der Waals surface area contributed by atoms with Gasteiger partial charge in [-0.05, 0) is 34.7 Å². The fourth-order valence-corrected chi connectivity index (χ4v) is 4.61. The van der Waals surface area contributed by atoms with E-state index in [1.165, 1.54) is 11.8 Å². The van der Waals surface area contributed by atoms with Crippen molar-refractivity contribution in [3.63, 3.8) is 0 Å². The molecule has 27 heavy (non-hydrogen) atoms. The lowest BCUT2D eigenvalue weighted by atomic mass is 10.3. The first-order chi connectivity index (χ1) is 13.3. The number of para-hydroxylation sites is 3. The first-order valence-corrected chi connectivity index (χ1v) is 10.3. The number of rotatable bonds is 5. The molecule has 1 aromatic heterocycles. The Labute approximate surface area is 165 Å². The van der Waals surface area contributed by atoms with Crippen molar-refractivity contribution in [3.05, 3.63) is 48.5 Å². The Morgan fingerprint density at radius 1 is 1.19 bits per heavy atom. The first kappa shape index (κ1) is 17.9. The van der Waals surface area contributed by atoms with Crippen molar-refractivity contribution in [1.82, 2.24) is 20.2 Å². The molecule has 0 N–H and O–H groups in total. The summed E-state index contributed by atoms with van der Waals surface area (Å²) in [5.41, 5.74) is 1.71. The van der Waals surface area contributed by atoms with Crippen molar-refractivity contribution in [2.75, 3.05) is 30.1 Å². The fourth-order valence-electron chi connectivity index (χ4n) is 2.86. The van der Waals surface area contributed by atoms with Gasteiger partial charge in [-0.1, -0.05) is 36.0 Å². The van der Waals surface area contributed by atoms with Gasteiger partial charge in [-0.15, -0.1) is 16.9 Å². The average Bonchev–Trinajstić information content (AvgIpc) is 3.20. The highest BCUT2D eigenvalue weighted by atomic mass is 32.2. The highest BCUT2D eigenvalue weighted by Crippen LogP contribution is 2.35. The minimum absolute atomic E-state index is 0.0438. The third kappa shape index (κ3) is 3.65. The maximum Gasteiger partial charge on any atom is 0.237 e. The monoisotopic (exact) mass is 399 g/mol. The van der Waals surface area contributed by atoms with Gasteiger partial charge in [0.2, 0.25) is 11.1 Å². The Morgan fingerprint density at radius 2 is 1.96 bits per heavy atom. The number of nitrogens with zero attached hydrogens (tertiary/aromatic N) is 5. The van der Waals surface area contributed by atoms with Crippen LogP contribution in [0.4, 0.5) is 5.69 Å². The largest absolute Gasteiger partial charge is 0.494 e. The molecule has 0 bridgehead atoms. The predicted molar refractivity (Wildman–Crippen MR) is 106 cm³/mol. The Balaban J connectivity index is 1.51. The molecule has 138 valence electrons. The molecule has 0 aliphatic carbocycles. The van der Waals surface area contributed by atoms with Gasteiger partial charge in [0.1, 0.15) is 11.4 Å². The number of carbonyl (C=O) groups is 1. The lowest BCUT2D eigenvalue weighted by Crippen LogP contribution is -2.36. The van der Waals surface area contributed by atoms with Gasteiger partial charge < -0.3 is 9.64 Å². The number of carbonyl (C=O) groups excluding carboxylic acids is 1. The molecular weight excluding hydrogens is 382 g/mol. The number of amides is 1. The van der Waals surface area contributed by atoms with E-state index in [-0.39, 0.29) is 11.7 Å². The smallest absolute Gasteiger partial charge is 0.237 e. The summed E-state index contributed by atoms with van der Waals surface area (Å²) in [6, 6.07) is 15.5. The van der Waals surface area contributed by atoms with E-state index in [0.717, 1.165) is 22.0 Å². The lowest BCUT2D eigenvalue weighted by Gasteiger charge is -2.28. The van der Waals surface area contributed by atoms with Gasteiger partial charge in [0.15, 0.2) is 0 Å². The number of fused-ring (bicyclic) bond motifs is 1. The van der Waals surface area contributed by atoms with Crippen LogP contribution in [-0.4, -0.2) is 51.3 Å². The van der Waals surface area contributed by atoms with Crippen LogP contribution in [0.15, 0.2) is 58.6 Å². The Kier molecular flexibility index (Phi) is 5.30. The number of benzene rings is 2. The van der Waals surface area contributed by atoms with Crippen molar-refractivity contribution in [3.8, 4) is 11.4 Å². The first-order valence-electron chi connectivity index (χ1n) is 8.34. The van der Waals surface area contributed by atoms with Crippen LogP contribution < -0.4 is 9.64 Å². The van der Waals surface area contributed by atoms with Gasteiger partial charge >= 0.3 is 0 Å². The van der Waals surface area contributed by atoms with E-state index in [9.17, 15) is 4.79 Å². The van der Waals surface area contributed by atoms with Crippen LogP contribution in [0, 0.1) is 0 Å². The molecule has 1 amide bonds. The normalized spacial score (nSPS) is 13.3. The number of anilines is 1. The number of tetrazole rings is 1. The maximum atomic E-state index is 12.8. The minimum Gasteiger partial charge on any atom is -0.494 e. The van der Waals surface area contributed by atoms with Crippen LogP contribution in [0.25, 0.3) is 5.69 Å². The third-order valence-electron chi connectivity index (χ3n) is 4.11. The molecule has 2 heterocycles. The summed E-state index contributed by atoms with van der Waals surface area (Å²) in [6.45, 7) is 0.707. The van der Waals surface area contributed by atoms with Gasteiger partial charge in [0.25, 0.3) is 0 Å². The average molecular weight is 400 g/mol. The van der Waals surface area contributed by atoms with Crippen molar-refractivity contribution < 1.29 is 9.53 Å². The summed E-state index contributed by atoms with van der Waals surface area (Å²) >= 11 is 3.10. The van der Waals surface area contributed by atoms with Crippen LogP contribution in [0.1, 0.15) is 0 Å². The van der Waals surface area contributed by atoms with Crippen molar-refractivity contribution in [2.45, 2.75) is 10.1 Å². The Morgan fingerprint density at radius 3 is 2.81 bits per heavy atom. The van der Waals surface area contributed by atoms with Crippen LogP contribution in [0.2, 0.25) is 0 Å². The number of thioether (sulfide) groups is 2. The van der Waals surface area contributed by atoms with Gasteiger partial charge in [-0.25, -0.2) is 0 Å². The predicted octanol–water partition coefficient (Wildman–Crippen LogP) is 2.90. The molecule has 7 nitrogen and oxygen atoms in total. The summed E-state index contributed by atoms with van der Waals surface area (Å²) in [6.07, 6.45) is 0. The molecule has 0 saturated carbocycles. The van der Waals surface area contributed by atoms with E-state index in [4.69, 9.17) is 4.74 Å². The van der Waals surface area contributed by atoms with Crippen LogP contribution in [-0.2, 0) is 4.79 Å². The molecule has 1 aliphatic heterocycles. The molecule has 3 aromatic rings. The zero-order valence-electron chi connectivity index (χ0n) is 14.6. The van der Waals surface area contributed by atoms with E-state index in [1.807, 2.05) is 47.4 Å². The molecule has 0 unspecified atom stereocenters. The highest BCUT2D eigenvalue weighted by molar-refractivity contribution is 8.00. The summed E-state index contributed by atoms with van der Waals surface area (Å²) in [7, 11) is 1.60. The zero-order valence-corrected chi connectivity index (χ0v) is 16.2. The summed E-state index contributed by atoms with van der Waals surface area (Å²) in [5, 5.41) is 12.4. The number of methoxy groups -OCH3 is 1. The van der Waals surface area contributed by atoms with Gasteiger partial charge in [0, 0.05) is 17.2 Å². The Hall–Kier alpha value is -2.52. The van der Waals surface area contributed by atoms with E-state index in [0.29, 0.717) is 17.5 Å². The summed E-state index contributed by atoms with van der Waals surface area (Å²) in [4.78, 5) is 15.8. The van der Waals surface area contributed by atoms with E-state index >= 15 is 0 Å². The molecule has 0 radical (unpaired) electrons. The molecule has 9 heteroatoms. The lowest BCUT2D eigenvalue weighted by molar-refractivity contribution is -0.116. The fraction of sp³-hybridized carbons (Fsp3) is 0.222. The molecule has 4 rings (SSSR count). The maximum absolute atomic E-state index is 12.8. The quantitative estimate of drug-likeness (QED) is 0.611. The number of hydrogen-bond donors (Lipinski definition) is 0. The second-order valence-electron chi connectivity index (χ2n) is 5.70. The van der Waals surface area contributed by atoms with Crippen LogP contribution >= 0.6 is 23.5 Å². The van der Waals surface area contributed by atoms with E-state index in [1.54, 1.807) is 23.6 Å². The highest BCUT2D eigenvalue weighted by Gasteiger charge is 2.23. The van der Waals surface area contributed by atoms with Crippen LogP contribution in [0.5, 0.6) is 5.75 Å². The van der Waals surface area contributed by atoms with Crippen LogP contribution in [0.3, 0.4) is 0 Å². The standard InChI is InChI=1S/C18H17N5O2S2/c1-25-15-8-4-2-6-13(15)23-18(19-20-21-23)27-12-17(24)22-10-11-26-16-9-5-3-7-14(16)22/h2-9H,10-12H2,1H3. The molecule has 0 atom stereocenters. The van der Waals surface area contributed by atoms with Gasteiger partial charge in [0.05, 0.1) is 18.6 Å².